The van der Waals surface area contributed by atoms with Crippen molar-refractivity contribution in [2.24, 2.45) is 0 Å². The van der Waals surface area contributed by atoms with Gasteiger partial charge in [0.05, 0.1) is 27.9 Å². The van der Waals surface area contributed by atoms with Gasteiger partial charge in [-0.25, -0.2) is 9.97 Å². The van der Waals surface area contributed by atoms with E-state index in [2.05, 4.69) is 265 Å². The summed E-state index contributed by atoms with van der Waals surface area (Å²) >= 11 is 0. The Morgan fingerprint density at radius 2 is 0.775 bits per heavy atom. The summed E-state index contributed by atoms with van der Waals surface area (Å²) in [6, 6.07) is 94.2. The zero-order chi connectivity index (χ0) is 46.8. The molecule has 0 spiro atoms. The Hall–Kier alpha value is -9.44. The molecule has 0 amide bonds. The predicted molar refractivity (Wildman–Crippen MR) is 299 cm³/mol. The summed E-state index contributed by atoms with van der Waals surface area (Å²) in [6.07, 6.45) is 0. The summed E-state index contributed by atoms with van der Waals surface area (Å²) in [4.78, 5) is 10.8. The van der Waals surface area contributed by atoms with Crippen molar-refractivity contribution in [1.29, 1.82) is 0 Å². The number of hydrogen-bond donors (Lipinski definition) is 0. The largest absolute Gasteiger partial charge is 0.309 e. The first-order valence-electron chi connectivity index (χ1n) is 24.3. The van der Waals surface area contributed by atoms with Gasteiger partial charge in [-0.05, 0) is 114 Å². The van der Waals surface area contributed by atoms with E-state index in [9.17, 15) is 0 Å². The van der Waals surface area contributed by atoms with Gasteiger partial charge >= 0.3 is 0 Å². The highest BCUT2D eigenvalue weighted by atomic mass is 15.0. The minimum atomic E-state index is 0.694. The van der Waals surface area contributed by atoms with E-state index in [-0.39, 0.29) is 0 Å². The smallest absolute Gasteiger partial charge is 0.161 e. The maximum atomic E-state index is 5.49. The van der Waals surface area contributed by atoms with Gasteiger partial charge in [0.15, 0.2) is 5.82 Å². The Bertz CT molecular complexity index is 4310. The highest BCUT2D eigenvalue weighted by Gasteiger charge is 2.22. The molecule has 0 atom stereocenters. The zero-order valence-electron chi connectivity index (χ0n) is 38.7. The van der Waals surface area contributed by atoms with Crippen LogP contribution in [0.2, 0.25) is 0 Å². The van der Waals surface area contributed by atoms with Crippen molar-refractivity contribution in [3.63, 3.8) is 0 Å². The van der Waals surface area contributed by atoms with Gasteiger partial charge in [0.25, 0.3) is 0 Å². The molecule has 0 aliphatic rings. The van der Waals surface area contributed by atoms with Crippen LogP contribution in [0.3, 0.4) is 0 Å². The molecule has 0 radical (unpaired) electrons. The lowest BCUT2D eigenvalue weighted by molar-refractivity contribution is 1.20. The maximum absolute atomic E-state index is 5.49. The van der Waals surface area contributed by atoms with E-state index in [1.165, 1.54) is 76.7 Å². The molecule has 3 heteroatoms. The molecular weight excluding hydrogens is 859 g/mol. The number of hydrogen-bond acceptors (Lipinski definition) is 2. The summed E-state index contributed by atoms with van der Waals surface area (Å²) in [6.45, 7) is 0. The first kappa shape index (κ1) is 40.6. The molecule has 14 rings (SSSR count). The summed E-state index contributed by atoms with van der Waals surface area (Å²) in [7, 11) is 0. The minimum Gasteiger partial charge on any atom is -0.309 e. The quantitative estimate of drug-likeness (QED) is 0.160. The molecule has 14 aromatic rings. The molecule has 0 bridgehead atoms. The van der Waals surface area contributed by atoms with Crippen LogP contribution in [-0.2, 0) is 0 Å². The molecule has 0 saturated carbocycles. The molecule has 2 heterocycles. The average molecular weight is 902 g/mol. The third-order valence-corrected chi connectivity index (χ3v) is 14.4. The Labute approximate surface area is 411 Å². The standard InChI is InChI=1S/C68H43N3/c1-4-18-44(19-5-1)50-40-51(45-20-6-2-7-21-45)42-52(41-50)46-34-36-49(37-35-46)67-59-28-14-15-32-61(59)69-68(70-67)58-31-16-30-56-54(58)29-17-33-62(56)71-63-39-38-48-24-10-11-25-53(48)65(63)66-57-27-13-12-26-55(57)60(43-64(66)71)47-22-8-3-9-23-47/h1-43H. The Kier molecular flexibility index (Phi) is 9.53. The van der Waals surface area contributed by atoms with Crippen molar-refractivity contribution in [2.45, 2.75) is 0 Å². The molecule has 0 aliphatic heterocycles. The number of aromatic nitrogens is 3. The van der Waals surface area contributed by atoms with Crippen molar-refractivity contribution in [2.75, 3.05) is 0 Å². The number of nitrogens with zero attached hydrogens (tertiary/aromatic N) is 3. The van der Waals surface area contributed by atoms with Crippen LogP contribution in [0, 0.1) is 0 Å². The maximum Gasteiger partial charge on any atom is 0.161 e. The fourth-order valence-corrected chi connectivity index (χ4v) is 11.1. The van der Waals surface area contributed by atoms with Gasteiger partial charge in [-0.2, -0.15) is 0 Å². The van der Waals surface area contributed by atoms with Gasteiger partial charge in [-0.1, -0.05) is 218 Å². The van der Waals surface area contributed by atoms with Gasteiger partial charge in [-0.3, -0.25) is 0 Å². The van der Waals surface area contributed by atoms with E-state index in [0.29, 0.717) is 5.82 Å². The van der Waals surface area contributed by atoms with Crippen molar-refractivity contribution < 1.29 is 0 Å². The van der Waals surface area contributed by atoms with Crippen LogP contribution in [0.4, 0.5) is 0 Å². The van der Waals surface area contributed by atoms with Crippen LogP contribution in [-0.4, -0.2) is 14.5 Å². The van der Waals surface area contributed by atoms with E-state index in [1.807, 2.05) is 0 Å². The summed E-state index contributed by atoms with van der Waals surface area (Å²) < 4.78 is 2.49. The molecule has 2 aromatic heterocycles. The summed E-state index contributed by atoms with van der Waals surface area (Å²) in [5.41, 5.74) is 16.8. The third-order valence-electron chi connectivity index (χ3n) is 14.4. The van der Waals surface area contributed by atoms with E-state index >= 15 is 0 Å². The summed E-state index contributed by atoms with van der Waals surface area (Å²) in [5, 5.41) is 10.7. The third kappa shape index (κ3) is 6.82. The van der Waals surface area contributed by atoms with Crippen molar-refractivity contribution >= 4 is 65.0 Å². The lowest BCUT2D eigenvalue weighted by Crippen LogP contribution is -1.98. The number of para-hydroxylation sites is 1. The van der Waals surface area contributed by atoms with Crippen LogP contribution in [0.1, 0.15) is 0 Å². The van der Waals surface area contributed by atoms with Crippen LogP contribution >= 0.6 is 0 Å². The topological polar surface area (TPSA) is 30.7 Å². The second-order valence-electron chi connectivity index (χ2n) is 18.4. The lowest BCUT2D eigenvalue weighted by atomic mass is 9.93. The van der Waals surface area contributed by atoms with Crippen molar-refractivity contribution in [1.82, 2.24) is 14.5 Å². The molecule has 0 fully saturated rings. The Morgan fingerprint density at radius 3 is 1.48 bits per heavy atom. The number of rotatable bonds is 7. The molecule has 71 heavy (non-hydrogen) atoms. The van der Waals surface area contributed by atoms with E-state index in [4.69, 9.17) is 9.97 Å². The first-order chi connectivity index (χ1) is 35.2. The second kappa shape index (κ2) is 16.7. The lowest BCUT2D eigenvalue weighted by Gasteiger charge is -2.16. The molecule has 12 aromatic carbocycles. The van der Waals surface area contributed by atoms with E-state index in [0.717, 1.165) is 55.3 Å². The zero-order valence-corrected chi connectivity index (χ0v) is 38.7. The monoisotopic (exact) mass is 901 g/mol. The van der Waals surface area contributed by atoms with Crippen LogP contribution in [0.15, 0.2) is 261 Å². The Balaban J connectivity index is 0.940. The van der Waals surface area contributed by atoms with Crippen LogP contribution in [0.5, 0.6) is 0 Å². The second-order valence-corrected chi connectivity index (χ2v) is 18.4. The fraction of sp³-hybridized carbons (Fsp3) is 0. The SMILES string of the molecule is c1ccc(-c2cc(-c3ccccc3)cc(-c3ccc(-c4nc(-c5cccc6c(-n7c8ccc9ccccc9c8c8c9ccccc9c(-c9ccccc9)cc87)cccc56)nc5ccccc45)cc3)c2)cc1. The molecule has 330 valence electrons. The molecule has 0 N–H and O–H groups in total. The molecule has 0 saturated heterocycles. The normalized spacial score (nSPS) is 11.7. The molecule has 0 aliphatic carbocycles. The Morgan fingerprint density at radius 1 is 0.268 bits per heavy atom. The first-order valence-corrected chi connectivity index (χ1v) is 24.3. The molecule has 3 nitrogen and oxygen atoms in total. The van der Waals surface area contributed by atoms with Gasteiger partial charge in [0.2, 0.25) is 0 Å². The fourth-order valence-electron chi connectivity index (χ4n) is 11.1. The van der Waals surface area contributed by atoms with E-state index in [1.54, 1.807) is 0 Å². The number of benzene rings is 12. The predicted octanol–water partition coefficient (Wildman–Crippen LogP) is 18.2. The minimum absolute atomic E-state index is 0.694. The molecular formula is C68H43N3. The average Bonchev–Trinajstić information content (AvgIpc) is 3.80. The van der Waals surface area contributed by atoms with Gasteiger partial charge in [0.1, 0.15) is 0 Å². The summed E-state index contributed by atoms with van der Waals surface area (Å²) in [5.74, 6) is 0.694. The van der Waals surface area contributed by atoms with Crippen molar-refractivity contribution in [3.8, 4) is 72.8 Å². The van der Waals surface area contributed by atoms with Crippen LogP contribution in [0.25, 0.3) is 138 Å². The molecule has 0 unspecified atom stereocenters. The highest BCUT2D eigenvalue weighted by Crippen LogP contribution is 2.45. The van der Waals surface area contributed by atoms with Gasteiger partial charge < -0.3 is 4.57 Å². The highest BCUT2D eigenvalue weighted by molar-refractivity contribution is 6.30. The van der Waals surface area contributed by atoms with Gasteiger partial charge in [0, 0.05) is 32.7 Å². The van der Waals surface area contributed by atoms with Crippen molar-refractivity contribution in [3.05, 3.63) is 261 Å². The van der Waals surface area contributed by atoms with Crippen LogP contribution < -0.4 is 0 Å². The van der Waals surface area contributed by atoms with E-state index < -0.39 is 0 Å². The van der Waals surface area contributed by atoms with Gasteiger partial charge in [-0.15, -0.1) is 0 Å². The number of fused-ring (bicyclic) bond motifs is 9.